The number of piperidine rings is 1. The molecule has 23 heavy (non-hydrogen) atoms. The van der Waals surface area contributed by atoms with Crippen LogP contribution in [0.25, 0.3) is 11.0 Å². The lowest BCUT2D eigenvalue weighted by Crippen LogP contribution is -2.29. The zero-order valence-corrected chi connectivity index (χ0v) is 13.6. The molecule has 0 bridgehead atoms. The van der Waals surface area contributed by atoms with Gasteiger partial charge in [-0.05, 0) is 50.9 Å². The van der Waals surface area contributed by atoms with Crippen molar-refractivity contribution in [3.8, 4) is 5.75 Å². The highest BCUT2D eigenvalue weighted by molar-refractivity contribution is 5.86. The Kier molecular flexibility index (Phi) is 4.53. The molecule has 0 aliphatic carbocycles. The summed E-state index contributed by atoms with van der Waals surface area (Å²) in [4.78, 5) is 14.1. The third kappa shape index (κ3) is 3.17. The molecule has 1 aliphatic heterocycles. The fourth-order valence-electron chi connectivity index (χ4n) is 3.38. The van der Waals surface area contributed by atoms with Crippen molar-refractivity contribution < 1.29 is 9.52 Å². The normalized spacial score (nSPS) is 15.9. The lowest BCUT2D eigenvalue weighted by molar-refractivity contribution is 0.218. The summed E-state index contributed by atoms with van der Waals surface area (Å²) in [5, 5.41) is 11.6. The van der Waals surface area contributed by atoms with Gasteiger partial charge in [0, 0.05) is 29.1 Å². The van der Waals surface area contributed by atoms with Gasteiger partial charge in [-0.25, -0.2) is 4.79 Å². The number of likely N-dealkylation sites (tertiary alicyclic amines) is 1. The number of phenols is 1. The summed E-state index contributed by atoms with van der Waals surface area (Å²) in [6, 6.07) is 3.46. The van der Waals surface area contributed by atoms with Crippen LogP contribution in [0.3, 0.4) is 0 Å². The molecule has 1 aliphatic rings. The first-order valence-electron chi connectivity index (χ1n) is 8.21. The molecule has 2 heterocycles. The number of benzene rings is 1. The van der Waals surface area contributed by atoms with Gasteiger partial charge in [-0.15, -0.1) is 6.58 Å². The summed E-state index contributed by atoms with van der Waals surface area (Å²) in [6.07, 6.45) is 5.90. The standard InChI is InChI=1S/C19H23NO3/c1-3-7-15-18(22)14(12-20-8-5-4-6-9-20)11-16-13(2)10-17(21)23-19(15)16/h3,10-11,22H,1,4-9,12H2,2H3. The minimum absolute atomic E-state index is 0.233. The van der Waals surface area contributed by atoms with Crippen LogP contribution >= 0.6 is 0 Å². The first kappa shape index (κ1) is 15.8. The Balaban J connectivity index is 2.12. The van der Waals surface area contributed by atoms with Gasteiger partial charge in [0.1, 0.15) is 11.3 Å². The fraction of sp³-hybridized carbons (Fsp3) is 0.421. The Morgan fingerprint density at radius 2 is 2.04 bits per heavy atom. The van der Waals surface area contributed by atoms with Gasteiger partial charge in [0.25, 0.3) is 0 Å². The molecule has 3 rings (SSSR count). The van der Waals surface area contributed by atoms with E-state index in [2.05, 4.69) is 11.5 Å². The number of aromatic hydroxyl groups is 1. The molecule has 0 spiro atoms. The second-order valence-corrected chi connectivity index (χ2v) is 6.32. The van der Waals surface area contributed by atoms with Crippen molar-refractivity contribution in [2.24, 2.45) is 0 Å². The van der Waals surface area contributed by atoms with Crippen LogP contribution in [0.15, 0.2) is 34.0 Å². The molecule has 4 heteroatoms. The van der Waals surface area contributed by atoms with E-state index in [4.69, 9.17) is 4.42 Å². The maximum atomic E-state index is 11.7. The van der Waals surface area contributed by atoms with Gasteiger partial charge >= 0.3 is 5.63 Å². The quantitative estimate of drug-likeness (QED) is 0.693. The zero-order chi connectivity index (χ0) is 16.4. The van der Waals surface area contributed by atoms with Gasteiger partial charge < -0.3 is 9.52 Å². The van der Waals surface area contributed by atoms with E-state index in [1.807, 2.05) is 13.0 Å². The van der Waals surface area contributed by atoms with Crippen LogP contribution in [0, 0.1) is 6.92 Å². The fourth-order valence-corrected chi connectivity index (χ4v) is 3.38. The Hall–Kier alpha value is -2.07. The minimum Gasteiger partial charge on any atom is -0.507 e. The molecule has 1 aromatic carbocycles. The first-order valence-corrected chi connectivity index (χ1v) is 8.21. The minimum atomic E-state index is -0.386. The average Bonchev–Trinajstić information content (AvgIpc) is 2.53. The van der Waals surface area contributed by atoms with Gasteiger partial charge in [0.05, 0.1) is 0 Å². The Bertz CT molecular complexity index is 785. The van der Waals surface area contributed by atoms with Crippen LogP contribution in [0.2, 0.25) is 0 Å². The molecule has 1 saturated heterocycles. The number of fused-ring (bicyclic) bond motifs is 1. The molecule has 1 fully saturated rings. The van der Waals surface area contributed by atoms with Crippen molar-refractivity contribution >= 4 is 11.0 Å². The van der Waals surface area contributed by atoms with Gasteiger partial charge in [-0.3, -0.25) is 4.90 Å². The third-order valence-corrected chi connectivity index (χ3v) is 4.58. The van der Waals surface area contributed by atoms with Gasteiger partial charge in [-0.2, -0.15) is 0 Å². The van der Waals surface area contributed by atoms with Crippen molar-refractivity contribution in [1.29, 1.82) is 0 Å². The van der Waals surface area contributed by atoms with Crippen molar-refractivity contribution in [2.45, 2.75) is 39.2 Å². The molecule has 0 unspecified atom stereocenters. The molecular formula is C19H23NO3. The van der Waals surface area contributed by atoms with Crippen LogP contribution in [0.1, 0.15) is 36.0 Å². The Morgan fingerprint density at radius 3 is 2.74 bits per heavy atom. The van der Waals surface area contributed by atoms with Gasteiger partial charge in [-0.1, -0.05) is 12.5 Å². The van der Waals surface area contributed by atoms with Gasteiger partial charge in [0.2, 0.25) is 0 Å². The number of phenolic OH excluding ortho intramolecular Hbond substituents is 1. The van der Waals surface area contributed by atoms with Gasteiger partial charge in [0.15, 0.2) is 0 Å². The molecule has 1 aromatic heterocycles. The second-order valence-electron chi connectivity index (χ2n) is 6.32. The summed E-state index contributed by atoms with van der Waals surface area (Å²) in [7, 11) is 0. The second kappa shape index (κ2) is 6.59. The highest BCUT2D eigenvalue weighted by atomic mass is 16.4. The van der Waals surface area contributed by atoms with Crippen LogP contribution in [0.4, 0.5) is 0 Å². The van der Waals surface area contributed by atoms with E-state index in [9.17, 15) is 9.90 Å². The molecule has 2 aromatic rings. The topological polar surface area (TPSA) is 53.7 Å². The lowest BCUT2D eigenvalue weighted by Gasteiger charge is -2.27. The molecular weight excluding hydrogens is 290 g/mol. The van der Waals surface area contributed by atoms with E-state index >= 15 is 0 Å². The molecule has 0 amide bonds. The maximum Gasteiger partial charge on any atom is 0.336 e. The average molecular weight is 313 g/mol. The van der Waals surface area contributed by atoms with Crippen molar-refractivity contribution in [3.05, 3.63) is 51.9 Å². The van der Waals surface area contributed by atoms with Crippen molar-refractivity contribution in [2.75, 3.05) is 13.1 Å². The molecule has 4 nitrogen and oxygen atoms in total. The number of aryl methyl sites for hydroxylation is 1. The number of nitrogens with zero attached hydrogens (tertiary/aromatic N) is 1. The van der Waals surface area contributed by atoms with E-state index in [0.29, 0.717) is 17.6 Å². The molecule has 1 N–H and O–H groups in total. The van der Waals surface area contributed by atoms with E-state index < -0.39 is 0 Å². The first-order chi connectivity index (χ1) is 11.1. The van der Waals surface area contributed by atoms with Crippen molar-refractivity contribution in [3.63, 3.8) is 0 Å². The molecule has 0 saturated carbocycles. The highest BCUT2D eigenvalue weighted by Gasteiger charge is 2.18. The Morgan fingerprint density at radius 1 is 1.30 bits per heavy atom. The predicted octanol–water partition coefficient (Wildman–Crippen LogP) is 3.52. The van der Waals surface area contributed by atoms with Crippen LogP contribution in [0.5, 0.6) is 5.75 Å². The highest BCUT2D eigenvalue weighted by Crippen LogP contribution is 2.34. The molecule has 0 atom stereocenters. The van der Waals surface area contributed by atoms with Crippen LogP contribution in [-0.4, -0.2) is 23.1 Å². The maximum absolute atomic E-state index is 11.7. The molecule has 122 valence electrons. The summed E-state index contributed by atoms with van der Waals surface area (Å²) in [6.45, 7) is 8.51. The third-order valence-electron chi connectivity index (χ3n) is 4.58. The predicted molar refractivity (Wildman–Crippen MR) is 91.9 cm³/mol. The Labute approximate surface area is 136 Å². The van der Waals surface area contributed by atoms with Crippen molar-refractivity contribution in [1.82, 2.24) is 4.90 Å². The summed E-state index contributed by atoms with van der Waals surface area (Å²) in [5.41, 5.74) is 2.53. The smallest absolute Gasteiger partial charge is 0.336 e. The number of hydrogen-bond donors (Lipinski definition) is 1. The number of allylic oxidation sites excluding steroid dienone is 1. The van der Waals surface area contributed by atoms with Crippen LogP contribution in [-0.2, 0) is 13.0 Å². The van der Waals surface area contributed by atoms with E-state index in [1.54, 1.807) is 6.08 Å². The SMILES string of the molecule is C=CCc1c(O)c(CN2CCCCC2)cc2c(C)cc(=O)oc12. The molecule has 0 radical (unpaired) electrons. The largest absolute Gasteiger partial charge is 0.507 e. The lowest BCUT2D eigenvalue weighted by atomic mass is 9.98. The summed E-state index contributed by atoms with van der Waals surface area (Å²) < 4.78 is 5.38. The summed E-state index contributed by atoms with van der Waals surface area (Å²) in [5.74, 6) is 0.233. The van der Waals surface area contributed by atoms with Crippen LogP contribution < -0.4 is 5.63 Å². The van der Waals surface area contributed by atoms with E-state index in [1.165, 1.54) is 25.3 Å². The van der Waals surface area contributed by atoms with E-state index in [0.717, 1.165) is 36.1 Å². The number of hydrogen-bond acceptors (Lipinski definition) is 4. The van der Waals surface area contributed by atoms with E-state index in [-0.39, 0.29) is 11.4 Å². The monoisotopic (exact) mass is 313 g/mol. The number of rotatable bonds is 4. The zero-order valence-electron chi connectivity index (χ0n) is 13.6. The summed E-state index contributed by atoms with van der Waals surface area (Å²) >= 11 is 0.